The second-order valence-electron chi connectivity index (χ2n) is 23.2. The summed E-state index contributed by atoms with van der Waals surface area (Å²) in [4.78, 5) is 24.6. The zero-order valence-electron chi connectivity index (χ0n) is 52.2. The molecule has 0 aromatic rings. The molecular formula is C73H132O5. The van der Waals surface area contributed by atoms with Crippen molar-refractivity contribution in [3.05, 3.63) is 72.9 Å². The third-order valence-corrected chi connectivity index (χ3v) is 15.5. The number of carbonyl (C=O) groups is 2. The second-order valence-corrected chi connectivity index (χ2v) is 23.2. The molecule has 0 aromatic carbocycles. The smallest absolute Gasteiger partial charge is 0.306 e. The standard InChI is InChI=1S/C73H132O5/c1-3-5-7-9-11-13-15-17-19-21-23-25-27-29-31-32-33-34-35-36-37-38-39-40-42-43-45-47-49-51-53-55-57-59-61-63-65-67-72(75)77-70-71(69-74)78-73(76)68-66-64-62-60-58-56-54-52-50-48-46-44-41-30-28-26-24-22-20-18-16-14-12-10-8-6-4-2/h6,8,12,14-15,17-18,20-21,23-24,26,71,74H,3-5,7,9-11,13,16,19,22,25,27-70H2,1-2H3/b8-6-,14-12-,17-15-,20-18-,23-21-,26-24-. The van der Waals surface area contributed by atoms with Crippen LogP contribution in [0.1, 0.15) is 361 Å². The number of aliphatic hydroxyl groups excluding tert-OH is 1. The van der Waals surface area contributed by atoms with Gasteiger partial charge in [-0.3, -0.25) is 9.59 Å². The molecule has 454 valence electrons. The van der Waals surface area contributed by atoms with Crippen molar-refractivity contribution in [1.29, 1.82) is 0 Å². The summed E-state index contributed by atoms with van der Waals surface area (Å²) in [6.07, 6.45) is 95.1. The van der Waals surface area contributed by atoms with Gasteiger partial charge in [-0.05, 0) is 83.5 Å². The van der Waals surface area contributed by atoms with Crippen LogP contribution in [0.25, 0.3) is 0 Å². The van der Waals surface area contributed by atoms with Crippen molar-refractivity contribution < 1.29 is 24.2 Å². The molecule has 5 nitrogen and oxygen atoms in total. The van der Waals surface area contributed by atoms with Crippen LogP contribution < -0.4 is 0 Å². The van der Waals surface area contributed by atoms with Gasteiger partial charge in [0.15, 0.2) is 6.10 Å². The van der Waals surface area contributed by atoms with E-state index in [1.54, 1.807) is 0 Å². The average Bonchev–Trinajstić information content (AvgIpc) is 3.44. The van der Waals surface area contributed by atoms with Crippen LogP contribution in [0.4, 0.5) is 0 Å². The summed E-state index contributed by atoms with van der Waals surface area (Å²) in [5.41, 5.74) is 0. The number of rotatable bonds is 64. The van der Waals surface area contributed by atoms with Gasteiger partial charge in [-0.15, -0.1) is 0 Å². The fourth-order valence-electron chi connectivity index (χ4n) is 10.3. The molecule has 0 saturated heterocycles. The average molecular weight is 1090 g/mol. The lowest BCUT2D eigenvalue weighted by Crippen LogP contribution is -2.28. The van der Waals surface area contributed by atoms with E-state index in [2.05, 4.69) is 86.8 Å². The first-order valence-electron chi connectivity index (χ1n) is 34.5. The predicted octanol–water partition coefficient (Wildman–Crippen LogP) is 23.9. The third-order valence-electron chi connectivity index (χ3n) is 15.5. The van der Waals surface area contributed by atoms with Crippen LogP contribution in [0.15, 0.2) is 72.9 Å². The Morgan fingerprint density at radius 2 is 0.551 bits per heavy atom. The Bertz CT molecular complexity index is 1370. The fourth-order valence-corrected chi connectivity index (χ4v) is 10.3. The van der Waals surface area contributed by atoms with E-state index in [0.717, 1.165) is 70.6 Å². The molecule has 78 heavy (non-hydrogen) atoms. The minimum absolute atomic E-state index is 0.0633. The number of hydrogen-bond donors (Lipinski definition) is 1. The molecule has 0 rings (SSSR count). The number of ether oxygens (including phenoxy) is 2. The Morgan fingerprint density at radius 1 is 0.308 bits per heavy atom. The van der Waals surface area contributed by atoms with Crippen molar-refractivity contribution in [2.24, 2.45) is 0 Å². The van der Waals surface area contributed by atoms with Crippen LogP contribution in [0.3, 0.4) is 0 Å². The highest BCUT2D eigenvalue weighted by molar-refractivity contribution is 5.70. The normalized spacial score (nSPS) is 12.6. The van der Waals surface area contributed by atoms with Crippen LogP contribution in [-0.4, -0.2) is 36.4 Å². The summed E-state index contributed by atoms with van der Waals surface area (Å²) in [7, 11) is 0. The van der Waals surface area contributed by atoms with E-state index in [1.165, 1.54) is 263 Å². The monoisotopic (exact) mass is 1090 g/mol. The molecule has 0 fully saturated rings. The number of unbranched alkanes of at least 4 members (excludes halogenated alkanes) is 44. The summed E-state index contributed by atoms with van der Waals surface area (Å²) >= 11 is 0. The van der Waals surface area contributed by atoms with Gasteiger partial charge in [0.1, 0.15) is 6.61 Å². The minimum Gasteiger partial charge on any atom is -0.462 e. The quantitative estimate of drug-likeness (QED) is 0.0373. The summed E-state index contributed by atoms with van der Waals surface area (Å²) in [5, 5.41) is 9.70. The van der Waals surface area contributed by atoms with Crippen LogP contribution in [0.5, 0.6) is 0 Å². The molecule has 0 aliphatic heterocycles. The number of aliphatic hydroxyl groups is 1. The molecule has 0 heterocycles. The van der Waals surface area contributed by atoms with E-state index < -0.39 is 6.10 Å². The molecule has 0 aliphatic carbocycles. The van der Waals surface area contributed by atoms with Gasteiger partial charge in [0.2, 0.25) is 0 Å². The van der Waals surface area contributed by atoms with Crippen LogP contribution >= 0.6 is 0 Å². The highest BCUT2D eigenvalue weighted by atomic mass is 16.6. The molecule has 1 unspecified atom stereocenters. The number of hydrogen-bond acceptors (Lipinski definition) is 5. The fraction of sp³-hybridized carbons (Fsp3) is 0.808. The van der Waals surface area contributed by atoms with E-state index >= 15 is 0 Å². The maximum absolute atomic E-state index is 12.4. The number of carbonyl (C=O) groups excluding carboxylic acids is 2. The van der Waals surface area contributed by atoms with Crippen molar-refractivity contribution in [3.63, 3.8) is 0 Å². The van der Waals surface area contributed by atoms with Crippen molar-refractivity contribution in [2.45, 2.75) is 367 Å². The van der Waals surface area contributed by atoms with Gasteiger partial charge in [0, 0.05) is 12.8 Å². The Hall–Kier alpha value is -2.66. The van der Waals surface area contributed by atoms with Gasteiger partial charge in [0.05, 0.1) is 6.61 Å². The molecule has 0 bridgehead atoms. The summed E-state index contributed by atoms with van der Waals surface area (Å²) in [6.45, 7) is 4.06. The van der Waals surface area contributed by atoms with Gasteiger partial charge in [-0.2, -0.15) is 0 Å². The van der Waals surface area contributed by atoms with E-state index in [4.69, 9.17) is 9.47 Å². The Kier molecular flexibility index (Phi) is 66.3. The predicted molar refractivity (Wildman–Crippen MR) is 343 cm³/mol. The molecule has 0 aliphatic rings. The molecular weight excluding hydrogens is 957 g/mol. The van der Waals surface area contributed by atoms with Gasteiger partial charge < -0.3 is 14.6 Å². The molecule has 0 radical (unpaired) electrons. The van der Waals surface area contributed by atoms with Crippen LogP contribution in [0.2, 0.25) is 0 Å². The van der Waals surface area contributed by atoms with Crippen LogP contribution in [-0.2, 0) is 19.1 Å². The van der Waals surface area contributed by atoms with Crippen molar-refractivity contribution in [1.82, 2.24) is 0 Å². The molecule has 1 atom stereocenters. The van der Waals surface area contributed by atoms with E-state index in [9.17, 15) is 14.7 Å². The summed E-state index contributed by atoms with van der Waals surface area (Å²) in [6, 6.07) is 0. The third kappa shape index (κ3) is 65.9. The Labute approximate surface area is 486 Å². The summed E-state index contributed by atoms with van der Waals surface area (Å²) < 4.78 is 10.8. The van der Waals surface area contributed by atoms with Crippen molar-refractivity contribution >= 4 is 11.9 Å². The first kappa shape index (κ1) is 75.3. The highest BCUT2D eigenvalue weighted by Crippen LogP contribution is 2.18. The van der Waals surface area contributed by atoms with Crippen molar-refractivity contribution in [2.75, 3.05) is 13.2 Å². The van der Waals surface area contributed by atoms with E-state index in [1.807, 2.05) is 0 Å². The molecule has 0 saturated carbocycles. The first-order chi connectivity index (χ1) is 38.6. The van der Waals surface area contributed by atoms with Crippen molar-refractivity contribution in [3.8, 4) is 0 Å². The maximum atomic E-state index is 12.4. The zero-order valence-corrected chi connectivity index (χ0v) is 52.2. The topological polar surface area (TPSA) is 72.8 Å². The van der Waals surface area contributed by atoms with Gasteiger partial charge in [-0.25, -0.2) is 0 Å². The zero-order chi connectivity index (χ0) is 56.2. The lowest BCUT2D eigenvalue weighted by molar-refractivity contribution is -0.161. The Morgan fingerprint density at radius 3 is 0.833 bits per heavy atom. The first-order valence-corrected chi connectivity index (χ1v) is 34.5. The number of allylic oxidation sites excluding steroid dienone is 12. The Balaban J connectivity index is 3.40. The lowest BCUT2D eigenvalue weighted by atomic mass is 10.0. The van der Waals surface area contributed by atoms with E-state index in [-0.39, 0.29) is 25.2 Å². The minimum atomic E-state index is -0.774. The maximum Gasteiger partial charge on any atom is 0.306 e. The molecule has 5 heteroatoms. The van der Waals surface area contributed by atoms with Gasteiger partial charge in [0.25, 0.3) is 0 Å². The lowest BCUT2D eigenvalue weighted by Gasteiger charge is -2.15. The molecule has 0 amide bonds. The molecule has 1 N–H and O–H groups in total. The molecule has 0 spiro atoms. The van der Waals surface area contributed by atoms with Crippen LogP contribution in [0, 0.1) is 0 Å². The SMILES string of the molecule is CC/C=C\C/C=C\C/C=C\C/C=C\CCCCCCCCCCCCCCCCC(=O)OC(CO)COC(=O)CCCCCCCCCCCCCCCCCCCCCCCCCCC/C=C\C/C=C\CCCCCCC. The summed E-state index contributed by atoms with van der Waals surface area (Å²) in [5.74, 6) is -0.575. The largest absolute Gasteiger partial charge is 0.462 e. The molecule has 0 aromatic heterocycles. The van der Waals surface area contributed by atoms with Gasteiger partial charge >= 0.3 is 11.9 Å². The second kappa shape index (κ2) is 68.6. The number of esters is 2. The van der Waals surface area contributed by atoms with Gasteiger partial charge in [-0.1, -0.05) is 337 Å². The van der Waals surface area contributed by atoms with E-state index in [0.29, 0.717) is 12.8 Å². The highest BCUT2D eigenvalue weighted by Gasteiger charge is 2.16.